The zero-order valence-corrected chi connectivity index (χ0v) is 9.52. The van der Waals surface area contributed by atoms with Gasteiger partial charge in [-0.15, -0.1) is 0 Å². The summed E-state index contributed by atoms with van der Waals surface area (Å²) in [5, 5.41) is 18.3. The van der Waals surface area contributed by atoms with E-state index in [2.05, 4.69) is 0 Å². The van der Waals surface area contributed by atoms with E-state index in [1.165, 1.54) is 0 Å². The molecule has 3 N–H and O–H groups in total. The molecule has 0 saturated heterocycles. The largest absolute Gasteiger partial charge is 0.396 e. The number of aromatic amines is 1. The number of nitrogens with one attached hydrogen (secondary N) is 1. The van der Waals surface area contributed by atoms with Crippen molar-refractivity contribution in [1.29, 1.82) is 0 Å². The number of aliphatic hydroxyl groups excluding tert-OH is 2. The molecule has 1 aromatic rings. The minimum absolute atomic E-state index is 0.343. The van der Waals surface area contributed by atoms with Crippen LogP contribution in [0.15, 0.2) is 15.8 Å². The Kier molecular flexibility index (Phi) is 3.27. The minimum Gasteiger partial charge on any atom is -0.396 e. The number of nitrogens with zero attached hydrogens (tertiary/aromatic N) is 1. The summed E-state index contributed by atoms with van der Waals surface area (Å²) in [5.41, 5.74) is -2.50. The molecule has 3 atom stereocenters. The molecule has 1 aliphatic rings. The lowest BCUT2D eigenvalue weighted by atomic mass is 10.0. The molecule has 1 fully saturated rings. The zero-order chi connectivity index (χ0) is 14.4. The van der Waals surface area contributed by atoms with Gasteiger partial charge in [0.05, 0.1) is 24.8 Å². The monoisotopic (exact) mass is 280 g/mol. The highest BCUT2D eigenvalue weighted by atomic mass is 19.3. The molecule has 1 aliphatic carbocycles. The number of rotatable bonds is 2. The molecule has 0 bridgehead atoms. The van der Waals surface area contributed by atoms with E-state index in [0.717, 1.165) is 0 Å². The summed E-state index contributed by atoms with van der Waals surface area (Å²) in [5.74, 6) is -6.71. The van der Waals surface area contributed by atoms with Crippen LogP contribution in [0.4, 0.5) is 13.2 Å². The molecule has 0 aliphatic heterocycles. The fourth-order valence-electron chi connectivity index (χ4n) is 2.29. The molecule has 9 heteroatoms. The molecule has 0 radical (unpaired) electrons. The third-order valence-corrected chi connectivity index (χ3v) is 3.32. The molecule has 0 spiro atoms. The standard InChI is InChI=1S/C10H11F3N2O4/c11-5-2-15(9(19)14-8(5)18)7-1-6(17)4(3-16)10(7,12)13/h2,4,6-7,16-17H,1,3H2,(H,14,18,19). The average Bonchev–Trinajstić information content (AvgIpc) is 2.53. The lowest BCUT2D eigenvalue weighted by molar-refractivity contribution is -0.101. The van der Waals surface area contributed by atoms with Gasteiger partial charge >= 0.3 is 5.69 Å². The number of aliphatic hydroxyl groups is 2. The predicted octanol–water partition coefficient (Wildman–Crippen LogP) is -0.775. The summed E-state index contributed by atoms with van der Waals surface area (Å²) < 4.78 is 41.3. The Hall–Kier alpha value is -1.61. The first-order valence-electron chi connectivity index (χ1n) is 5.46. The molecule has 106 valence electrons. The number of hydrogen-bond donors (Lipinski definition) is 3. The molecule has 6 nitrogen and oxygen atoms in total. The summed E-state index contributed by atoms with van der Waals surface area (Å²) in [7, 11) is 0. The Morgan fingerprint density at radius 2 is 2.11 bits per heavy atom. The fraction of sp³-hybridized carbons (Fsp3) is 0.600. The summed E-state index contributed by atoms with van der Waals surface area (Å²) in [4.78, 5) is 23.8. The number of H-pyrrole nitrogens is 1. The SMILES string of the molecule is O=c1[nH]c(=O)n(C2CC(O)C(CO)C2(F)F)cc1F. The normalized spacial score (nSPS) is 29.6. The fourth-order valence-corrected chi connectivity index (χ4v) is 2.29. The van der Waals surface area contributed by atoms with Gasteiger partial charge in [-0.2, -0.15) is 4.39 Å². The highest BCUT2D eigenvalue weighted by Gasteiger charge is 2.57. The summed E-state index contributed by atoms with van der Waals surface area (Å²) >= 11 is 0. The lowest BCUT2D eigenvalue weighted by Gasteiger charge is -2.24. The maximum atomic E-state index is 13.9. The Balaban J connectivity index is 2.52. The van der Waals surface area contributed by atoms with Gasteiger partial charge in [-0.1, -0.05) is 0 Å². The highest BCUT2D eigenvalue weighted by molar-refractivity contribution is 5.02. The van der Waals surface area contributed by atoms with E-state index in [-0.39, 0.29) is 0 Å². The van der Waals surface area contributed by atoms with Crippen LogP contribution in [0.1, 0.15) is 12.5 Å². The highest BCUT2D eigenvalue weighted by Crippen LogP contribution is 2.47. The third kappa shape index (κ3) is 2.08. The first-order valence-corrected chi connectivity index (χ1v) is 5.46. The maximum absolute atomic E-state index is 13.9. The van der Waals surface area contributed by atoms with Crippen molar-refractivity contribution in [3.05, 3.63) is 32.9 Å². The van der Waals surface area contributed by atoms with Crippen LogP contribution in [0.2, 0.25) is 0 Å². The lowest BCUT2D eigenvalue weighted by Crippen LogP contribution is -2.41. The second-order valence-corrected chi connectivity index (χ2v) is 4.43. The van der Waals surface area contributed by atoms with Gasteiger partial charge in [0.2, 0.25) is 5.82 Å². The smallest absolute Gasteiger partial charge is 0.328 e. The minimum atomic E-state index is -3.59. The van der Waals surface area contributed by atoms with Gasteiger partial charge in [-0.3, -0.25) is 14.3 Å². The third-order valence-electron chi connectivity index (χ3n) is 3.32. The van der Waals surface area contributed by atoms with Crippen LogP contribution in [-0.2, 0) is 0 Å². The molecule has 3 unspecified atom stereocenters. The van der Waals surface area contributed by atoms with Crippen molar-refractivity contribution >= 4 is 0 Å². The predicted molar refractivity (Wildman–Crippen MR) is 56.5 cm³/mol. The van der Waals surface area contributed by atoms with Crippen LogP contribution in [0, 0.1) is 11.7 Å². The van der Waals surface area contributed by atoms with Crippen molar-refractivity contribution in [3.63, 3.8) is 0 Å². The topological polar surface area (TPSA) is 95.3 Å². The van der Waals surface area contributed by atoms with E-state index in [1.807, 2.05) is 0 Å². The van der Waals surface area contributed by atoms with Gasteiger partial charge < -0.3 is 10.2 Å². The van der Waals surface area contributed by atoms with Crippen LogP contribution < -0.4 is 11.2 Å². The van der Waals surface area contributed by atoms with Gasteiger partial charge in [0.1, 0.15) is 6.04 Å². The first kappa shape index (κ1) is 13.8. The van der Waals surface area contributed by atoms with Crippen molar-refractivity contribution in [2.45, 2.75) is 24.5 Å². The molecule has 19 heavy (non-hydrogen) atoms. The van der Waals surface area contributed by atoms with Crippen molar-refractivity contribution in [3.8, 4) is 0 Å². The second kappa shape index (κ2) is 4.49. The van der Waals surface area contributed by atoms with Crippen LogP contribution in [-0.4, -0.2) is 38.4 Å². The molecule has 1 saturated carbocycles. The van der Waals surface area contributed by atoms with Crippen LogP contribution >= 0.6 is 0 Å². The van der Waals surface area contributed by atoms with Crippen LogP contribution in [0.3, 0.4) is 0 Å². The number of alkyl halides is 2. The van der Waals surface area contributed by atoms with E-state index in [4.69, 9.17) is 5.11 Å². The quantitative estimate of drug-likeness (QED) is 0.662. The second-order valence-electron chi connectivity index (χ2n) is 4.43. The molecule has 1 aromatic heterocycles. The molecule has 0 amide bonds. The molecule has 2 rings (SSSR count). The molecule has 1 heterocycles. The molecular formula is C10H11F3N2O4. The zero-order valence-electron chi connectivity index (χ0n) is 9.52. The number of halogens is 3. The Morgan fingerprint density at radius 1 is 1.47 bits per heavy atom. The summed E-state index contributed by atoms with van der Waals surface area (Å²) in [6, 6.07) is -1.82. The van der Waals surface area contributed by atoms with Gasteiger partial charge in [0, 0.05) is 6.42 Å². The Labute approximate surface area is 104 Å². The molecular weight excluding hydrogens is 269 g/mol. The van der Waals surface area contributed by atoms with Gasteiger partial charge in [0.25, 0.3) is 11.5 Å². The van der Waals surface area contributed by atoms with Gasteiger partial charge in [0.15, 0.2) is 0 Å². The van der Waals surface area contributed by atoms with E-state index < -0.39 is 54.1 Å². The average molecular weight is 280 g/mol. The number of aromatic nitrogens is 2. The Morgan fingerprint density at radius 3 is 2.63 bits per heavy atom. The van der Waals surface area contributed by atoms with Crippen LogP contribution in [0.5, 0.6) is 0 Å². The van der Waals surface area contributed by atoms with E-state index in [0.29, 0.717) is 10.8 Å². The summed E-state index contributed by atoms with van der Waals surface area (Å²) in [6.45, 7) is -0.967. The van der Waals surface area contributed by atoms with Gasteiger partial charge in [-0.05, 0) is 0 Å². The van der Waals surface area contributed by atoms with Crippen molar-refractivity contribution in [1.82, 2.24) is 9.55 Å². The van der Waals surface area contributed by atoms with Crippen molar-refractivity contribution < 1.29 is 23.4 Å². The van der Waals surface area contributed by atoms with E-state index in [1.54, 1.807) is 4.98 Å². The van der Waals surface area contributed by atoms with Gasteiger partial charge in [-0.25, -0.2) is 13.6 Å². The number of hydrogen-bond acceptors (Lipinski definition) is 4. The van der Waals surface area contributed by atoms with E-state index >= 15 is 0 Å². The summed E-state index contributed by atoms with van der Waals surface area (Å²) in [6.07, 6.45) is -1.66. The van der Waals surface area contributed by atoms with Crippen molar-refractivity contribution in [2.75, 3.05) is 6.61 Å². The first-order chi connectivity index (χ1) is 8.78. The maximum Gasteiger partial charge on any atom is 0.328 e. The Bertz CT molecular complexity index is 597. The van der Waals surface area contributed by atoms with Crippen molar-refractivity contribution in [2.24, 2.45) is 5.92 Å². The van der Waals surface area contributed by atoms with E-state index in [9.17, 15) is 27.9 Å². The van der Waals surface area contributed by atoms with Crippen LogP contribution in [0.25, 0.3) is 0 Å². The molecule has 0 aromatic carbocycles.